The third kappa shape index (κ3) is 3.69. The third-order valence-corrected chi connectivity index (χ3v) is 5.50. The number of para-hydroxylation sites is 1. The summed E-state index contributed by atoms with van der Waals surface area (Å²) < 4.78 is 12.8. The van der Waals surface area contributed by atoms with Crippen molar-refractivity contribution in [2.75, 3.05) is 13.2 Å². The first kappa shape index (κ1) is 19.8. The summed E-state index contributed by atoms with van der Waals surface area (Å²) in [6.07, 6.45) is 2.14. The molecule has 0 bridgehead atoms. The molecule has 4 aromatic rings. The molecule has 0 aliphatic rings. The average molecular weight is 399 g/mol. The number of benzene rings is 3. The predicted molar refractivity (Wildman–Crippen MR) is 119 cm³/mol. The molecule has 4 heteroatoms. The van der Waals surface area contributed by atoms with Crippen LogP contribution in [-0.2, 0) is 15.1 Å². The van der Waals surface area contributed by atoms with Gasteiger partial charge in [0.2, 0.25) is 0 Å². The van der Waals surface area contributed by atoms with Crippen LogP contribution in [0.4, 0.5) is 0 Å². The Labute approximate surface area is 176 Å². The van der Waals surface area contributed by atoms with E-state index in [9.17, 15) is 4.79 Å². The van der Waals surface area contributed by atoms with Gasteiger partial charge in [0.1, 0.15) is 5.75 Å². The Bertz CT molecular complexity index is 1130. The number of carbonyl (C=O) groups excluding carboxylic acids is 1. The van der Waals surface area contributed by atoms with Crippen LogP contribution in [0.25, 0.3) is 10.9 Å². The summed E-state index contributed by atoms with van der Waals surface area (Å²) in [5.74, 6) is 0.272. The highest BCUT2D eigenvalue weighted by Crippen LogP contribution is 2.37. The number of fused-ring (bicyclic) bond motifs is 1. The van der Waals surface area contributed by atoms with Crippen molar-refractivity contribution in [1.82, 2.24) is 4.57 Å². The van der Waals surface area contributed by atoms with Gasteiger partial charge in [-0.15, -0.1) is 0 Å². The van der Waals surface area contributed by atoms with Crippen LogP contribution in [-0.4, -0.2) is 23.8 Å². The van der Waals surface area contributed by atoms with Crippen LogP contribution in [0.2, 0.25) is 0 Å². The Kier molecular flexibility index (Phi) is 5.57. The molecule has 0 saturated carbocycles. The Morgan fingerprint density at radius 1 is 0.867 bits per heavy atom. The normalized spacial score (nSPS) is 13.0. The molecule has 4 rings (SSSR count). The maximum Gasteiger partial charge on any atom is 0.344 e. The summed E-state index contributed by atoms with van der Waals surface area (Å²) >= 11 is 0. The van der Waals surface area contributed by atoms with Gasteiger partial charge in [-0.3, -0.25) is 0 Å². The van der Waals surface area contributed by atoms with Gasteiger partial charge in [0.25, 0.3) is 0 Å². The van der Waals surface area contributed by atoms with Gasteiger partial charge in [0.15, 0.2) is 6.61 Å². The van der Waals surface area contributed by atoms with Crippen molar-refractivity contribution in [3.05, 3.63) is 102 Å². The second-order valence-electron chi connectivity index (χ2n) is 7.30. The highest BCUT2D eigenvalue weighted by molar-refractivity contribution is 5.81. The molecule has 1 aromatic heterocycles. The molecule has 0 amide bonds. The summed E-state index contributed by atoms with van der Waals surface area (Å²) in [7, 11) is 0. The quantitative estimate of drug-likeness (QED) is 0.391. The van der Waals surface area contributed by atoms with Crippen molar-refractivity contribution < 1.29 is 14.3 Å². The highest BCUT2D eigenvalue weighted by Gasteiger charge is 2.31. The van der Waals surface area contributed by atoms with Crippen LogP contribution in [0.1, 0.15) is 25.0 Å². The van der Waals surface area contributed by atoms with Gasteiger partial charge in [-0.05, 0) is 54.6 Å². The van der Waals surface area contributed by atoms with Crippen LogP contribution in [0, 0.1) is 0 Å². The number of esters is 1. The first-order valence-electron chi connectivity index (χ1n) is 10.1. The molecule has 0 aliphatic heterocycles. The van der Waals surface area contributed by atoms with Gasteiger partial charge in [0, 0.05) is 11.7 Å². The summed E-state index contributed by atoms with van der Waals surface area (Å²) in [6, 6.07) is 28.9. The Hall–Kier alpha value is -3.53. The maximum absolute atomic E-state index is 11.6. The Morgan fingerprint density at radius 3 is 2.27 bits per heavy atom. The molecule has 1 atom stereocenters. The zero-order chi connectivity index (χ0) is 21.0. The van der Waals surface area contributed by atoms with E-state index in [4.69, 9.17) is 9.47 Å². The van der Waals surface area contributed by atoms with E-state index in [1.54, 1.807) is 6.92 Å². The molecule has 0 spiro atoms. The lowest BCUT2D eigenvalue weighted by Gasteiger charge is -2.34. The van der Waals surface area contributed by atoms with Crippen LogP contribution < -0.4 is 4.74 Å². The summed E-state index contributed by atoms with van der Waals surface area (Å²) in [6.45, 7) is 4.26. The van der Waals surface area contributed by atoms with Gasteiger partial charge < -0.3 is 14.0 Å². The van der Waals surface area contributed by atoms with E-state index >= 15 is 0 Å². The van der Waals surface area contributed by atoms with Crippen molar-refractivity contribution in [1.29, 1.82) is 0 Å². The van der Waals surface area contributed by atoms with Crippen molar-refractivity contribution in [2.45, 2.75) is 19.4 Å². The summed E-state index contributed by atoms with van der Waals surface area (Å²) in [4.78, 5) is 11.6. The lowest BCUT2D eigenvalue weighted by atomic mass is 9.84. The molecular weight excluding hydrogens is 374 g/mol. The van der Waals surface area contributed by atoms with Crippen molar-refractivity contribution >= 4 is 16.9 Å². The fraction of sp³-hybridized carbons (Fsp3) is 0.192. The average Bonchev–Trinajstić information content (AvgIpc) is 3.23. The SMILES string of the molecule is CCOC(=O)COc1ccc(C(C)(c2ccccc2)n2ccc3ccccc32)cc1. The third-order valence-electron chi connectivity index (χ3n) is 5.50. The molecular formula is C26H25NO3. The van der Waals surface area contributed by atoms with Gasteiger partial charge in [-0.2, -0.15) is 0 Å². The highest BCUT2D eigenvalue weighted by atomic mass is 16.6. The molecule has 0 fully saturated rings. The fourth-order valence-corrected chi connectivity index (χ4v) is 3.90. The van der Waals surface area contributed by atoms with Crippen LogP contribution in [0.5, 0.6) is 5.75 Å². The number of nitrogens with zero attached hydrogens (tertiary/aromatic N) is 1. The number of hydrogen-bond donors (Lipinski definition) is 0. The van der Waals surface area contributed by atoms with E-state index in [2.05, 4.69) is 84.4 Å². The molecule has 0 saturated heterocycles. The standard InChI is InChI=1S/C26H25NO3/c1-3-29-25(28)19-30-23-15-13-22(14-16-23)26(2,21-10-5-4-6-11-21)27-18-17-20-9-7-8-12-24(20)27/h4-18H,3,19H2,1-2H3. The van der Waals surface area contributed by atoms with Gasteiger partial charge >= 0.3 is 5.97 Å². The maximum atomic E-state index is 11.6. The number of carbonyl (C=O) groups is 1. The first-order valence-corrected chi connectivity index (χ1v) is 10.1. The van der Waals surface area contributed by atoms with E-state index in [0.717, 1.165) is 5.56 Å². The minimum Gasteiger partial charge on any atom is -0.482 e. The molecule has 4 nitrogen and oxygen atoms in total. The van der Waals surface area contributed by atoms with Crippen LogP contribution in [0.15, 0.2) is 91.1 Å². The molecule has 3 aromatic carbocycles. The monoisotopic (exact) mass is 399 g/mol. The smallest absolute Gasteiger partial charge is 0.344 e. The van der Waals surface area contributed by atoms with E-state index in [1.165, 1.54) is 16.5 Å². The fourth-order valence-electron chi connectivity index (χ4n) is 3.90. The molecule has 0 radical (unpaired) electrons. The van der Waals surface area contributed by atoms with Crippen molar-refractivity contribution in [3.63, 3.8) is 0 Å². The first-order chi connectivity index (χ1) is 14.6. The van der Waals surface area contributed by atoms with E-state index in [1.807, 2.05) is 18.2 Å². The van der Waals surface area contributed by atoms with Crippen molar-refractivity contribution in [2.24, 2.45) is 0 Å². The minimum atomic E-state index is -0.413. The second-order valence-corrected chi connectivity index (χ2v) is 7.30. The van der Waals surface area contributed by atoms with E-state index < -0.39 is 5.54 Å². The predicted octanol–water partition coefficient (Wildman–Crippen LogP) is 5.40. The van der Waals surface area contributed by atoms with E-state index in [0.29, 0.717) is 12.4 Å². The zero-order valence-corrected chi connectivity index (χ0v) is 17.2. The van der Waals surface area contributed by atoms with Crippen LogP contribution in [0.3, 0.4) is 0 Å². The number of ether oxygens (including phenoxy) is 2. The summed E-state index contributed by atoms with van der Waals surface area (Å²) in [5, 5.41) is 1.20. The lowest BCUT2D eigenvalue weighted by molar-refractivity contribution is -0.145. The largest absolute Gasteiger partial charge is 0.482 e. The second kappa shape index (κ2) is 8.46. The minimum absolute atomic E-state index is 0.0919. The van der Waals surface area contributed by atoms with Crippen molar-refractivity contribution in [3.8, 4) is 5.75 Å². The van der Waals surface area contributed by atoms with Crippen LogP contribution >= 0.6 is 0 Å². The molecule has 1 heterocycles. The Morgan fingerprint density at radius 2 is 1.53 bits per heavy atom. The van der Waals surface area contributed by atoms with Gasteiger partial charge in [0.05, 0.1) is 12.1 Å². The molecule has 1 unspecified atom stereocenters. The zero-order valence-electron chi connectivity index (χ0n) is 17.2. The summed E-state index contributed by atoms with van der Waals surface area (Å²) in [5.41, 5.74) is 3.07. The molecule has 0 N–H and O–H groups in total. The topological polar surface area (TPSA) is 40.5 Å². The number of aromatic nitrogens is 1. The molecule has 30 heavy (non-hydrogen) atoms. The lowest BCUT2D eigenvalue weighted by Crippen LogP contribution is -2.32. The van der Waals surface area contributed by atoms with E-state index in [-0.39, 0.29) is 12.6 Å². The molecule has 152 valence electrons. The molecule has 0 aliphatic carbocycles. The number of rotatable bonds is 7. The Balaban J connectivity index is 1.73. The van der Waals surface area contributed by atoms with Gasteiger partial charge in [-0.1, -0.05) is 60.7 Å². The van der Waals surface area contributed by atoms with Gasteiger partial charge in [-0.25, -0.2) is 4.79 Å². The number of hydrogen-bond acceptors (Lipinski definition) is 3.